The highest BCUT2D eigenvalue weighted by atomic mass is 32.2. The number of hydrogen-bond acceptors (Lipinski definition) is 3. The number of amides is 2. The Morgan fingerprint density at radius 3 is 2.54 bits per heavy atom. The van der Waals surface area contributed by atoms with E-state index >= 15 is 0 Å². The third-order valence-corrected chi connectivity index (χ3v) is 5.49. The second kappa shape index (κ2) is 6.62. The molecule has 1 aliphatic rings. The van der Waals surface area contributed by atoms with Gasteiger partial charge >= 0.3 is 6.03 Å². The lowest BCUT2D eigenvalue weighted by Crippen LogP contribution is -2.39. The van der Waals surface area contributed by atoms with Crippen LogP contribution in [0.2, 0.25) is 0 Å². The third-order valence-electron chi connectivity index (χ3n) is 4.08. The van der Waals surface area contributed by atoms with Crippen molar-refractivity contribution in [3.05, 3.63) is 59.7 Å². The van der Waals surface area contributed by atoms with Gasteiger partial charge in [0, 0.05) is 18.8 Å². The summed E-state index contributed by atoms with van der Waals surface area (Å²) < 4.78 is 26.2. The van der Waals surface area contributed by atoms with Gasteiger partial charge in [0.25, 0.3) is 0 Å². The van der Waals surface area contributed by atoms with Gasteiger partial charge in [-0.1, -0.05) is 24.3 Å². The highest BCUT2D eigenvalue weighted by molar-refractivity contribution is 7.89. The molecule has 2 amide bonds. The number of anilines is 1. The number of carbonyl (C=O) groups excluding carboxylic acids is 1. The number of hydrogen-bond donors (Lipinski definition) is 2. The number of nitrogens with one attached hydrogen (secondary N) is 2. The number of urea groups is 1. The zero-order valence-electron chi connectivity index (χ0n) is 13.3. The van der Waals surface area contributed by atoms with E-state index in [4.69, 9.17) is 0 Å². The van der Waals surface area contributed by atoms with Gasteiger partial charge in [0.1, 0.15) is 0 Å². The van der Waals surface area contributed by atoms with Crippen LogP contribution in [-0.2, 0) is 23.0 Å². The van der Waals surface area contributed by atoms with Gasteiger partial charge < -0.3 is 10.2 Å². The Morgan fingerprint density at radius 2 is 1.83 bits per heavy atom. The summed E-state index contributed by atoms with van der Waals surface area (Å²) in [5, 5.41) is 2.85. The quantitative estimate of drug-likeness (QED) is 0.895. The molecule has 0 atom stereocenters. The first-order valence-electron chi connectivity index (χ1n) is 7.66. The molecule has 2 aromatic rings. The average Bonchev–Trinajstić information content (AvgIpc) is 2.61. The number of rotatable bonds is 3. The largest absolute Gasteiger partial charge is 0.322 e. The van der Waals surface area contributed by atoms with Crippen LogP contribution in [0.4, 0.5) is 10.5 Å². The van der Waals surface area contributed by atoms with Crippen molar-refractivity contribution in [2.24, 2.45) is 0 Å². The maximum absolute atomic E-state index is 12.4. The number of carbonyl (C=O) groups is 1. The maximum Gasteiger partial charge on any atom is 0.322 e. The lowest BCUT2D eigenvalue weighted by Gasteiger charge is -2.29. The first kappa shape index (κ1) is 16.5. The second-order valence-corrected chi connectivity index (χ2v) is 7.49. The molecular weight excluding hydrogens is 326 g/mol. The first-order valence-corrected chi connectivity index (χ1v) is 9.14. The Labute approximate surface area is 141 Å². The molecule has 0 saturated carbocycles. The van der Waals surface area contributed by atoms with Gasteiger partial charge in [-0.15, -0.1) is 0 Å². The number of nitrogens with zero attached hydrogens (tertiary/aromatic N) is 1. The van der Waals surface area contributed by atoms with E-state index in [2.05, 4.69) is 10.0 Å². The lowest BCUT2D eigenvalue weighted by molar-refractivity contribution is 0.206. The first-order chi connectivity index (χ1) is 11.5. The van der Waals surface area contributed by atoms with Crippen molar-refractivity contribution in [1.82, 2.24) is 9.62 Å². The zero-order chi connectivity index (χ0) is 17.2. The molecule has 2 aromatic carbocycles. The fourth-order valence-electron chi connectivity index (χ4n) is 2.72. The second-order valence-electron chi connectivity index (χ2n) is 5.61. The Kier molecular flexibility index (Phi) is 4.55. The standard InChI is InChI=1S/C17H19N3O3S/c1-18-24(22,23)16-8-7-13-9-10-20(12-14(13)11-16)17(21)19-15-5-3-2-4-6-15/h2-8,11,18H,9-10,12H2,1H3,(H,19,21). The molecule has 2 N–H and O–H groups in total. The Hall–Kier alpha value is -2.38. The zero-order valence-corrected chi connectivity index (χ0v) is 14.1. The van der Waals surface area contributed by atoms with Crippen LogP contribution in [0.15, 0.2) is 53.4 Å². The lowest BCUT2D eigenvalue weighted by atomic mass is 10.0. The smallest absolute Gasteiger partial charge is 0.320 e. The minimum atomic E-state index is -3.49. The monoisotopic (exact) mass is 345 g/mol. The molecule has 24 heavy (non-hydrogen) atoms. The summed E-state index contributed by atoms with van der Waals surface area (Å²) in [6.07, 6.45) is 0.706. The molecule has 0 radical (unpaired) electrons. The van der Waals surface area contributed by atoms with Crippen LogP contribution in [0.25, 0.3) is 0 Å². The summed E-state index contributed by atoms with van der Waals surface area (Å²) in [5.41, 5.74) is 2.68. The van der Waals surface area contributed by atoms with Crippen LogP contribution in [0, 0.1) is 0 Å². The maximum atomic E-state index is 12.4. The number of fused-ring (bicyclic) bond motifs is 1. The Bertz CT molecular complexity index is 851. The van der Waals surface area contributed by atoms with Crippen molar-refractivity contribution >= 4 is 21.7 Å². The van der Waals surface area contributed by atoms with E-state index in [1.165, 1.54) is 7.05 Å². The molecule has 7 heteroatoms. The van der Waals surface area contributed by atoms with Gasteiger partial charge in [-0.05, 0) is 48.9 Å². The fourth-order valence-corrected chi connectivity index (χ4v) is 3.50. The molecule has 0 fully saturated rings. The molecule has 6 nitrogen and oxygen atoms in total. The molecule has 1 aliphatic heterocycles. The molecule has 126 valence electrons. The predicted molar refractivity (Wildman–Crippen MR) is 92.3 cm³/mol. The average molecular weight is 345 g/mol. The highest BCUT2D eigenvalue weighted by Gasteiger charge is 2.22. The van der Waals surface area contributed by atoms with E-state index in [-0.39, 0.29) is 10.9 Å². The van der Waals surface area contributed by atoms with Crippen molar-refractivity contribution < 1.29 is 13.2 Å². The number of sulfonamides is 1. The molecule has 0 aromatic heterocycles. The molecule has 3 rings (SSSR count). The topological polar surface area (TPSA) is 78.5 Å². The summed E-state index contributed by atoms with van der Waals surface area (Å²) >= 11 is 0. The van der Waals surface area contributed by atoms with E-state index < -0.39 is 10.0 Å². The molecule has 0 spiro atoms. The van der Waals surface area contributed by atoms with Crippen LogP contribution in [-0.4, -0.2) is 32.9 Å². The van der Waals surface area contributed by atoms with Gasteiger partial charge in [-0.3, -0.25) is 0 Å². The normalized spacial score (nSPS) is 14.1. The summed E-state index contributed by atoms with van der Waals surface area (Å²) in [5.74, 6) is 0. The molecular formula is C17H19N3O3S. The van der Waals surface area contributed by atoms with Crippen LogP contribution >= 0.6 is 0 Å². The Balaban J connectivity index is 1.78. The summed E-state index contributed by atoms with van der Waals surface area (Å²) in [7, 11) is -2.10. The van der Waals surface area contributed by atoms with Gasteiger partial charge in [0.2, 0.25) is 10.0 Å². The SMILES string of the molecule is CNS(=O)(=O)c1ccc2c(c1)CN(C(=O)Nc1ccccc1)CC2. The van der Waals surface area contributed by atoms with Gasteiger partial charge in [-0.2, -0.15) is 0 Å². The summed E-state index contributed by atoms with van der Waals surface area (Å²) in [6, 6.07) is 14.1. The van der Waals surface area contributed by atoms with Gasteiger partial charge in [0.15, 0.2) is 0 Å². The molecule has 1 heterocycles. The minimum Gasteiger partial charge on any atom is -0.320 e. The van der Waals surface area contributed by atoms with Crippen molar-refractivity contribution in [1.29, 1.82) is 0 Å². The van der Waals surface area contributed by atoms with Crippen LogP contribution in [0.5, 0.6) is 0 Å². The van der Waals surface area contributed by atoms with Crippen LogP contribution < -0.4 is 10.0 Å². The van der Waals surface area contributed by atoms with Crippen molar-refractivity contribution in [2.45, 2.75) is 17.9 Å². The van der Waals surface area contributed by atoms with Crippen molar-refractivity contribution in [3.8, 4) is 0 Å². The van der Waals surface area contributed by atoms with E-state index in [0.717, 1.165) is 16.8 Å². The number of para-hydroxylation sites is 1. The van der Waals surface area contributed by atoms with Crippen molar-refractivity contribution in [3.63, 3.8) is 0 Å². The third kappa shape index (κ3) is 3.42. The van der Waals surface area contributed by atoms with Crippen LogP contribution in [0.1, 0.15) is 11.1 Å². The number of benzene rings is 2. The highest BCUT2D eigenvalue weighted by Crippen LogP contribution is 2.23. The molecule has 0 unspecified atom stereocenters. The van der Waals surface area contributed by atoms with E-state index in [1.807, 2.05) is 36.4 Å². The minimum absolute atomic E-state index is 0.186. The fraction of sp³-hybridized carbons (Fsp3) is 0.235. The van der Waals surface area contributed by atoms with E-state index in [1.54, 1.807) is 17.0 Å². The Morgan fingerprint density at radius 1 is 1.08 bits per heavy atom. The van der Waals surface area contributed by atoms with Gasteiger partial charge in [0.05, 0.1) is 4.90 Å². The van der Waals surface area contributed by atoms with Crippen LogP contribution in [0.3, 0.4) is 0 Å². The van der Waals surface area contributed by atoms with E-state index in [0.29, 0.717) is 19.5 Å². The van der Waals surface area contributed by atoms with Gasteiger partial charge in [-0.25, -0.2) is 17.9 Å². The van der Waals surface area contributed by atoms with Crippen molar-refractivity contribution in [2.75, 3.05) is 18.9 Å². The molecule has 0 saturated heterocycles. The van der Waals surface area contributed by atoms with E-state index in [9.17, 15) is 13.2 Å². The predicted octanol–water partition coefficient (Wildman–Crippen LogP) is 2.18. The summed E-state index contributed by atoms with van der Waals surface area (Å²) in [6.45, 7) is 0.991. The molecule has 0 bridgehead atoms. The summed E-state index contributed by atoms with van der Waals surface area (Å²) in [4.78, 5) is 14.3. The molecule has 0 aliphatic carbocycles.